The van der Waals surface area contributed by atoms with E-state index in [0.29, 0.717) is 5.88 Å². The Hall–Kier alpha value is -0.540. The fraction of sp³-hybridized carbons (Fsp3) is 0.688. The number of hydrogen-bond donors (Lipinski definition) is 0. The standard InChI is InChI=1S/C16H22ClNOS/c17-11-13-7-2-1-5-9-18(13)16(19)15-10-12-6-3-4-8-14(12)20-15/h10,13H,1-9,11H2. The molecule has 2 nitrogen and oxygen atoms in total. The van der Waals surface area contributed by atoms with E-state index >= 15 is 0 Å². The molecule has 2 aliphatic rings. The number of rotatable bonds is 2. The minimum atomic E-state index is 0.219. The molecule has 1 aliphatic carbocycles. The van der Waals surface area contributed by atoms with Gasteiger partial charge in [-0.25, -0.2) is 0 Å². The first-order chi connectivity index (χ1) is 9.79. The Kier molecular flexibility index (Phi) is 4.67. The predicted octanol–water partition coefficient (Wildman–Crippen LogP) is 4.25. The number of fused-ring (bicyclic) bond motifs is 1. The van der Waals surface area contributed by atoms with E-state index in [1.165, 1.54) is 36.1 Å². The van der Waals surface area contributed by atoms with Crippen LogP contribution in [0.4, 0.5) is 0 Å². The second-order valence-corrected chi connectivity index (χ2v) is 7.37. The van der Waals surface area contributed by atoms with Crippen LogP contribution in [0.15, 0.2) is 6.07 Å². The van der Waals surface area contributed by atoms with Gasteiger partial charge in [-0.2, -0.15) is 0 Å². The number of thiophene rings is 1. The fourth-order valence-electron chi connectivity index (χ4n) is 3.34. The van der Waals surface area contributed by atoms with Crippen molar-refractivity contribution in [1.29, 1.82) is 0 Å². The molecule has 0 N–H and O–H groups in total. The van der Waals surface area contributed by atoms with Crippen molar-refractivity contribution in [3.8, 4) is 0 Å². The van der Waals surface area contributed by atoms with E-state index in [1.807, 2.05) is 4.90 Å². The lowest BCUT2D eigenvalue weighted by Crippen LogP contribution is -2.40. The molecule has 0 saturated carbocycles. The summed E-state index contributed by atoms with van der Waals surface area (Å²) in [5.41, 5.74) is 1.42. The van der Waals surface area contributed by atoms with Crippen LogP contribution in [0.1, 0.15) is 58.6 Å². The number of halogens is 1. The smallest absolute Gasteiger partial charge is 0.264 e. The predicted molar refractivity (Wildman–Crippen MR) is 85.0 cm³/mol. The molecule has 0 aromatic carbocycles. The topological polar surface area (TPSA) is 20.3 Å². The fourth-order valence-corrected chi connectivity index (χ4v) is 4.87. The summed E-state index contributed by atoms with van der Waals surface area (Å²) in [6.07, 6.45) is 9.44. The molecule has 1 unspecified atom stereocenters. The van der Waals surface area contributed by atoms with Crippen molar-refractivity contribution < 1.29 is 4.79 Å². The number of aryl methyl sites for hydroxylation is 2. The number of amides is 1. The van der Waals surface area contributed by atoms with E-state index in [2.05, 4.69) is 6.07 Å². The molecule has 1 fully saturated rings. The average molecular weight is 312 g/mol. The van der Waals surface area contributed by atoms with Crippen molar-refractivity contribution in [2.45, 2.75) is 57.4 Å². The van der Waals surface area contributed by atoms with Gasteiger partial charge in [0.05, 0.1) is 4.88 Å². The molecule has 20 heavy (non-hydrogen) atoms. The maximum atomic E-state index is 12.8. The van der Waals surface area contributed by atoms with Crippen molar-refractivity contribution in [1.82, 2.24) is 4.90 Å². The number of alkyl halides is 1. The van der Waals surface area contributed by atoms with Crippen molar-refractivity contribution in [2.75, 3.05) is 12.4 Å². The van der Waals surface area contributed by atoms with E-state index in [9.17, 15) is 4.79 Å². The van der Waals surface area contributed by atoms with Crippen molar-refractivity contribution in [3.05, 3.63) is 21.4 Å². The number of nitrogens with zero attached hydrogens (tertiary/aromatic N) is 1. The Labute approximate surface area is 130 Å². The third kappa shape index (κ3) is 2.89. The number of likely N-dealkylation sites (tertiary alicyclic amines) is 1. The van der Waals surface area contributed by atoms with E-state index in [-0.39, 0.29) is 11.9 Å². The quantitative estimate of drug-likeness (QED) is 0.748. The number of carbonyl (C=O) groups excluding carboxylic acids is 1. The van der Waals surface area contributed by atoms with Gasteiger partial charge in [-0.15, -0.1) is 22.9 Å². The minimum absolute atomic E-state index is 0.219. The zero-order valence-corrected chi connectivity index (χ0v) is 13.4. The lowest BCUT2D eigenvalue weighted by molar-refractivity contribution is 0.0705. The molecule has 1 aromatic heterocycles. The molecule has 2 heterocycles. The Bertz CT molecular complexity index is 461. The van der Waals surface area contributed by atoms with Gasteiger partial charge in [0.25, 0.3) is 5.91 Å². The van der Waals surface area contributed by atoms with Gasteiger partial charge in [0.1, 0.15) is 0 Å². The summed E-state index contributed by atoms with van der Waals surface area (Å²) >= 11 is 7.81. The molecule has 3 rings (SSSR count). The van der Waals surface area contributed by atoms with Crippen LogP contribution in [0.3, 0.4) is 0 Å². The summed E-state index contributed by atoms with van der Waals surface area (Å²) in [5.74, 6) is 0.786. The van der Waals surface area contributed by atoms with Gasteiger partial charge in [0, 0.05) is 23.3 Å². The summed E-state index contributed by atoms with van der Waals surface area (Å²) in [6.45, 7) is 0.874. The maximum absolute atomic E-state index is 12.8. The largest absolute Gasteiger partial charge is 0.334 e. The van der Waals surface area contributed by atoms with Crippen LogP contribution >= 0.6 is 22.9 Å². The number of carbonyl (C=O) groups is 1. The molecule has 110 valence electrons. The summed E-state index contributed by atoms with van der Waals surface area (Å²) in [4.78, 5) is 17.2. The third-order valence-electron chi connectivity index (χ3n) is 4.52. The average Bonchev–Trinajstić information content (AvgIpc) is 2.77. The zero-order valence-electron chi connectivity index (χ0n) is 11.9. The van der Waals surface area contributed by atoms with Crippen molar-refractivity contribution >= 4 is 28.8 Å². The SMILES string of the molecule is O=C(c1cc2c(s1)CCCC2)N1CCCCCC1CCl. The molecular weight excluding hydrogens is 290 g/mol. The minimum Gasteiger partial charge on any atom is -0.334 e. The van der Waals surface area contributed by atoms with Crippen LogP contribution in [0.25, 0.3) is 0 Å². The van der Waals surface area contributed by atoms with E-state index in [1.54, 1.807) is 11.3 Å². The van der Waals surface area contributed by atoms with E-state index in [0.717, 1.165) is 37.1 Å². The maximum Gasteiger partial charge on any atom is 0.264 e. The molecule has 1 saturated heterocycles. The first kappa shape index (κ1) is 14.4. The molecule has 1 aromatic rings. The molecule has 1 atom stereocenters. The van der Waals surface area contributed by atoms with Crippen LogP contribution in [-0.2, 0) is 12.8 Å². The Morgan fingerprint density at radius 1 is 1.25 bits per heavy atom. The second kappa shape index (κ2) is 6.48. The van der Waals surface area contributed by atoms with Crippen LogP contribution in [-0.4, -0.2) is 29.3 Å². The molecule has 0 spiro atoms. The van der Waals surface area contributed by atoms with E-state index in [4.69, 9.17) is 11.6 Å². The van der Waals surface area contributed by atoms with Gasteiger partial charge < -0.3 is 4.90 Å². The summed E-state index contributed by atoms with van der Waals surface area (Å²) in [6, 6.07) is 2.38. The van der Waals surface area contributed by atoms with Gasteiger partial charge in [-0.1, -0.05) is 12.8 Å². The molecule has 0 bridgehead atoms. The van der Waals surface area contributed by atoms with Gasteiger partial charge in [0.15, 0.2) is 0 Å². The third-order valence-corrected chi connectivity index (χ3v) is 6.10. The summed E-state index contributed by atoms with van der Waals surface area (Å²) < 4.78 is 0. The Morgan fingerprint density at radius 2 is 2.10 bits per heavy atom. The van der Waals surface area contributed by atoms with Gasteiger partial charge in [0.2, 0.25) is 0 Å². The van der Waals surface area contributed by atoms with Gasteiger partial charge in [-0.3, -0.25) is 4.79 Å². The van der Waals surface area contributed by atoms with Crippen LogP contribution in [0, 0.1) is 0 Å². The lowest BCUT2D eigenvalue weighted by Gasteiger charge is -2.28. The number of hydrogen-bond acceptors (Lipinski definition) is 2. The van der Waals surface area contributed by atoms with E-state index < -0.39 is 0 Å². The highest BCUT2D eigenvalue weighted by Crippen LogP contribution is 2.31. The molecule has 1 amide bonds. The van der Waals surface area contributed by atoms with Gasteiger partial charge >= 0.3 is 0 Å². The zero-order chi connectivity index (χ0) is 13.9. The molecular formula is C16H22ClNOS. The first-order valence-corrected chi connectivity index (χ1v) is 9.13. The van der Waals surface area contributed by atoms with Crippen LogP contribution in [0.5, 0.6) is 0 Å². The Balaban J connectivity index is 1.81. The molecule has 1 aliphatic heterocycles. The summed E-state index contributed by atoms with van der Waals surface area (Å²) in [5, 5.41) is 0. The first-order valence-electron chi connectivity index (χ1n) is 7.78. The highest BCUT2D eigenvalue weighted by atomic mass is 35.5. The van der Waals surface area contributed by atoms with Crippen LogP contribution < -0.4 is 0 Å². The Morgan fingerprint density at radius 3 is 2.90 bits per heavy atom. The van der Waals surface area contributed by atoms with Gasteiger partial charge in [-0.05, 0) is 50.2 Å². The summed E-state index contributed by atoms with van der Waals surface area (Å²) in [7, 11) is 0. The normalized spacial score (nSPS) is 23.2. The highest BCUT2D eigenvalue weighted by molar-refractivity contribution is 7.14. The monoisotopic (exact) mass is 311 g/mol. The molecule has 4 heteroatoms. The van der Waals surface area contributed by atoms with Crippen molar-refractivity contribution in [3.63, 3.8) is 0 Å². The second-order valence-electron chi connectivity index (χ2n) is 5.92. The molecule has 0 radical (unpaired) electrons. The lowest BCUT2D eigenvalue weighted by atomic mass is 9.99. The highest BCUT2D eigenvalue weighted by Gasteiger charge is 2.27. The van der Waals surface area contributed by atoms with Crippen LogP contribution in [0.2, 0.25) is 0 Å². The van der Waals surface area contributed by atoms with Crippen molar-refractivity contribution in [2.24, 2.45) is 0 Å².